The van der Waals surface area contributed by atoms with Crippen LogP contribution >= 0.6 is 11.6 Å². The molecule has 0 saturated heterocycles. The summed E-state index contributed by atoms with van der Waals surface area (Å²) in [6.45, 7) is 1.72. The van der Waals surface area contributed by atoms with Crippen LogP contribution in [-0.2, 0) is 10.0 Å². The molecular weight excluding hydrogens is 300 g/mol. The Balaban J connectivity index is 2.36. The number of sulfonamides is 1. The van der Waals surface area contributed by atoms with Crippen LogP contribution in [-0.4, -0.2) is 18.4 Å². The summed E-state index contributed by atoms with van der Waals surface area (Å²) in [5, 5.41) is 8.83. The van der Waals surface area contributed by atoms with Crippen LogP contribution in [0.5, 0.6) is 0 Å². The molecule has 2 aromatic rings. The second kappa shape index (κ2) is 5.45. The number of aromatic nitrogens is 2. The van der Waals surface area contributed by atoms with Gasteiger partial charge in [-0.25, -0.2) is 23.1 Å². The van der Waals surface area contributed by atoms with Crippen molar-refractivity contribution < 1.29 is 8.42 Å². The lowest BCUT2D eigenvalue weighted by Gasteiger charge is -2.07. The molecule has 0 fully saturated rings. The predicted octanol–water partition coefficient (Wildman–Crippen LogP) is 2.11. The molecule has 0 aliphatic rings. The van der Waals surface area contributed by atoms with Gasteiger partial charge in [-0.1, -0.05) is 11.6 Å². The molecule has 1 heterocycles. The maximum absolute atomic E-state index is 12.1. The fraction of sp³-hybridized carbons (Fsp3) is 0.0833. The highest BCUT2D eigenvalue weighted by Crippen LogP contribution is 2.21. The third-order valence-electron chi connectivity index (χ3n) is 2.39. The van der Waals surface area contributed by atoms with Crippen LogP contribution in [0.2, 0.25) is 5.02 Å². The minimum Gasteiger partial charge on any atom is -0.247 e. The van der Waals surface area contributed by atoms with Crippen molar-refractivity contribution in [2.24, 2.45) is 0 Å². The predicted molar refractivity (Wildman–Crippen MR) is 73.7 cm³/mol. The zero-order valence-corrected chi connectivity index (χ0v) is 11.9. The number of nitrogens with one attached hydrogen (secondary N) is 1. The summed E-state index contributed by atoms with van der Waals surface area (Å²) in [7, 11) is -3.85. The highest BCUT2D eigenvalue weighted by Gasteiger charge is 2.17. The van der Waals surface area contributed by atoms with Crippen LogP contribution in [0.4, 0.5) is 5.95 Å². The van der Waals surface area contributed by atoms with Gasteiger partial charge in [0, 0.05) is 11.9 Å². The van der Waals surface area contributed by atoms with Crippen molar-refractivity contribution in [2.45, 2.75) is 11.8 Å². The minimum absolute atomic E-state index is 0.0227. The molecular formula is C12H9ClN4O2S. The Labute approximate surface area is 121 Å². The summed E-state index contributed by atoms with van der Waals surface area (Å²) in [5.41, 5.74) is 0.841. The fourth-order valence-electron chi connectivity index (χ4n) is 1.43. The van der Waals surface area contributed by atoms with Crippen LogP contribution in [0.3, 0.4) is 0 Å². The number of nitrogens with zero attached hydrogens (tertiary/aromatic N) is 3. The zero-order valence-electron chi connectivity index (χ0n) is 10.3. The lowest BCUT2D eigenvalue weighted by molar-refractivity contribution is 0.601. The summed E-state index contributed by atoms with van der Waals surface area (Å²) in [4.78, 5) is 7.71. The van der Waals surface area contributed by atoms with Crippen LogP contribution in [0.25, 0.3) is 0 Å². The van der Waals surface area contributed by atoms with E-state index < -0.39 is 10.0 Å². The summed E-state index contributed by atoms with van der Waals surface area (Å²) in [5.74, 6) is -0.0227. The van der Waals surface area contributed by atoms with E-state index in [2.05, 4.69) is 14.7 Å². The van der Waals surface area contributed by atoms with E-state index in [0.717, 1.165) is 0 Å². The van der Waals surface area contributed by atoms with Crippen molar-refractivity contribution in [1.29, 1.82) is 5.26 Å². The highest BCUT2D eigenvalue weighted by atomic mass is 35.5. The van der Waals surface area contributed by atoms with Gasteiger partial charge in [-0.3, -0.25) is 0 Å². The van der Waals surface area contributed by atoms with Crippen LogP contribution in [0.15, 0.2) is 35.4 Å². The minimum atomic E-state index is -3.85. The largest absolute Gasteiger partial charge is 0.264 e. The van der Waals surface area contributed by atoms with Crippen molar-refractivity contribution >= 4 is 27.6 Å². The molecule has 0 radical (unpaired) electrons. The number of aryl methyl sites for hydroxylation is 1. The Morgan fingerprint density at radius 3 is 2.70 bits per heavy atom. The first-order valence-electron chi connectivity index (χ1n) is 5.44. The van der Waals surface area contributed by atoms with E-state index in [1.807, 2.05) is 6.07 Å². The Hall–Kier alpha value is -2.17. The summed E-state index contributed by atoms with van der Waals surface area (Å²) in [6, 6.07) is 7.35. The molecule has 6 nitrogen and oxygen atoms in total. The molecule has 1 aromatic carbocycles. The number of halogens is 1. The lowest BCUT2D eigenvalue weighted by atomic mass is 10.2. The molecule has 0 atom stereocenters. The molecule has 102 valence electrons. The van der Waals surface area contributed by atoms with Crippen LogP contribution < -0.4 is 4.72 Å². The second-order valence-corrected chi connectivity index (χ2v) is 5.97. The van der Waals surface area contributed by atoms with Crippen molar-refractivity contribution in [2.75, 3.05) is 4.72 Å². The molecule has 0 bridgehead atoms. The van der Waals surface area contributed by atoms with Crippen LogP contribution in [0, 0.1) is 18.3 Å². The van der Waals surface area contributed by atoms with Crippen molar-refractivity contribution in [3.63, 3.8) is 0 Å². The summed E-state index contributed by atoms with van der Waals surface area (Å²) < 4.78 is 26.5. The third kappa shape index (κ3) is 3.04. The van der Waals surface area contributed by atoms with Gasteiger partial charge >= 0.3 is 0 Å². The number of benzene rings is 1. The Kier molecular flexibility index (Phi) is 3.88. The average molecular weight is 309 g/mol. The van der Waals surface area contributed by atoms with Crippen molar-refractivity contribution in [1.82, 2.24) is 9.97 Å². The molecule has 1 aromatic heterocycles. The number of hydrogen-bond acceptors (Lipinski definition) is 5. The first-order valence-corrected chi connectivity index (χ1v) is 7.30. The average Bonchev–Trinajstić information content (AvgIpc) is 2.38. The molecule has 0 aliphatic carbocycles. The highest BCUT2D eigenvalue weighted by molar-refractivity contribution is 7.92. The number of rotatable bonds is 3. The van der Waals surface area contributed by atoms with E-state index >= 15 is 0 Å². The van der Waals surface area contributed by atoms with Gasteiger partial charge < -0.3 is 0 Å². The molecule has 1 N–H and O–H groups in total. The zero-order chi connectivity index (χ0) is 14.8. The van der Waals surface area contributed by atoms with Gasteiger partial charge in [-0.2, -0.15) is 5.26 Å². The lowest BCUT2D eigenvalue weighted by Crippen LogP contribution is -2.15. The van der Waals surface area contributed by atoms with Gasteiger partial charge in [0.1, 0.15) is 6.07 Å². The number of hydrogen-bond donors (Lipinski definition) is 1. The SMILES string of the molecule is Cc1ccnc(NS(=O)(=O)c2ccc(C#N)c(Cl)c2)n1. The third-order valence-corrected chi connectivity index (χ3v) is 4.03. The Bertz CT molecular complexity index is 799. The van der Waals surface area contributed by atoms with Gasteiger partial charge in [-0.05, 0) is 31.2 Å². The molecule has 0 spiro atoms. The number of anilines is 1. The van der Waals surface area contributed by atoms with Gasteiger partial charge in [0.2, 0.25) is 5.95 Å². The van der Waals surface area contributed by atoms with E-state index in [9.17, 15) is 8.42 Å². The van der Waals surface area contributed by atoms with Gasteiger partial charge in [-0.15, -0.1) is 0 Å². The smallest absolute Gasteiger partial charge is 0.247 e. The van der Waals surface area contributed by atoms with Gasteiger partial charge in [0.15, 0.2) is 0 Å². The monoisotopic (exact) mass is 308 g/mol. The topological polar surface area (TPSA) is 95.7 Å². The normalized spacial score (nSPS) is 10.8. The summed E-state index contributed by atoms with van der Waals surface area (Å²) >= 11 is 5.82. The fourth-order valence-corrected chi connectivity index (χ4v) is 2.70. The molecule has 0 amide bonds. The summed E-state index contributed by atoms with van der Waals surface area (Å²) in [6.07, 6.45) is 1.45. The van der Waals surface area contributed by atoms with E-state index in [-0.39, 0.29) is 21.4 Å². The van der Waals surface area contributed by atoms with E-state index in [0.29, 0.717) is 5.69 Å². The number of nitriles is 1. The Morgan fingerprint density at radius 1 is 1.35 bits per heavy atom. The second-order valence-electron chi connectivity index (χ2n) is 3.88. The standard InChI is InChI=1S/C12H9ClN4O2S/c1-8-4-5-15-12(16-8)17-20(18,19)10-3-2-9(7-14)11(13)6-10/h2-6H,1H3,(H,15,16,17). The molecule has 20 heavy (non-hydrogen) atoms. The maximum Gasteiger partial charge on any atom is 0.264 e. The van der Waals surface area contributed by atoms with E-state index in [1.54, 1.807) is 13.0 Å². The first kappa shape index (κ1) is 14.2. The molecule has 0 saturated carbocycles. The van der Waals surface area contributed by atoms with E-state index in [1.165, 1.54) is 24.4 Å². The van der Waals surface area contributed by atoms with Crippen molar-refractivity contribution in [3.05, 3.63) is 46.7 Å². The van der Waals surface area contributed by atoms with Gasteiger partial charge in [0.05, 0.1) is 15.5 Å². The molecule has 8 heteroatoms. The van der Waals surface area contributed by atoms with Crippen molar-refractivity contribution in [3.8, 4) is 6.07 Å². The first-order chi connectivity index (χ1) is 9.42. The Morgan fingerprint density at radius 2 is 2.10 bits per heavy atom. The van der Waals surface area contributed by atoms with Gasteiger partial charge in [0.25, 0.3) is 10.0 Å². The maximum atomic E-state index is 12.1. The molecule has 0 aliphatic heterocycles. The quantitative estimate of drug-likeness (QED) is 0.936. The van der Waals surface area contributed by atoms with Crippen LogP contribution in [0.1, 0.15) is 11.3 Å². The molecule has 2 rings (SSSR count). The van der Waals surface area contributed by atoms with E-state index in [4.69, 9.17) is 16.9 Å². The molecule has 0 unspecified atom stereocenters.